The highest BCUT2D eigenvalue weighted by Crippen LogP contribution is 2.37. The molecule has 1 aliphatic rings. The minimum absolute atomic E-state index is 0.663. The SMILES string of the molecule is CNC1CCC(Sc2nncn2C)C1C. The second-order valence-corrected chi connectivity index (χ2v) is 5.42. The van der Waals surface area contributed by atoms with Crippen LogP contribution in [0, 0.1) is 5.92 Å². The topological polar surface area (TPSA) is 42.7 Å². The van der Waals surface area contributed by atoms with Crippen molar-refractivity contribution in [1.29, 1.82) is 0 Å². The molecule has 3 unspecified atom stereocenters. The summed E-state index contributed by atoms with van der Waals surface area (Å²) in [4.78, 5) is 0. The summed E-state index contributed by atoms with van der Waals surface area (Å²) >= 11 is 1.86. The van der Waals surface area contributed by atoms with E-state index in [1.165, 1.54) is 12.8 Å². The first-order valence-electron chi connectivity index (χ1n) is 5.40. The second-order valence-electron chi connectivity index (χ2n) is 4.21. The van der Waals surface area contributed by atoms with Crippen LogP contribution < -0.4 is 5.32 Å². The summed E-state index contributed by atoms with van der Waals surface area (Å²) in [5.41, 5.74) is 0. The van der Waals surface area contributed by atoms with Crippen molar-refractivity contribution in [1.82, 2.24) is 20.1 Å². The molecule has 0 amide bonds. The van der Waals surface area contributed by atoms with Crippen LogP contribution in [0.15, 0.2) is 11.5 Å². The zero-order chi connectivity index (χ0) is 10.8. The Kier molecular flexibility index (Phi) is 3.31. The number of nitrogens with one attached hydrogen (secondary N) is 1. The van der Waals surface area contributed by atoms with Gasteiger partial charge in [-0.05, 0) is 25.8 Å². The van der Waals surface area contributed by atoms with E-state index < -0.39 is 0 Å². The highest BCUT2D eigenvalue weighted by Gasteiger charge is 2.33. The van der Waals surface area contributed by atoms with E-state index in [1.807, 2.05) is 23.4 Å². The zero-order valence-electron chi connectivity index (χ0n) is 9.47. The molecule has 3 atom stereocenters. The van der Waals surface area contributed by atoms with Gasteiger partial charge in [-0.25, -0.2) is 0 Å². The summed E-state index contributed by atoms with van der Waals surface area (Å²) in [5, 5.41) is 13.1. The zero-order valence-corrected chi connectivity index (χ0v) is 10.3. The fourth-order valence-electron chi connectivity index (χ4n) is 2.22. The Labute approximate surface area is 94.8 Å². The molecule has 0 saturated heterocycles. The fourth-order valence-corrected chi connectivity index (χ4v) is 3.45. The molecule has 1 aliphatic carbocycles. The quantitative estimate of drug-likeness (QED) is 0.843. The molecule has 1 heterocycles. The highest BCUT2D eigenvalue weighted by molar-refractivity contribution is 7.99. The van der Waals surface area contributed by atoms with Gasteiger partial charge in [0.25, 0.3) is 0 Å². The molecule has 84 valence electrons. The maximum atomic E-state index is 4.12. The third-order valence-electron chi connectivity index (χ3n) is 3.28. The Morgan fingerprint density at radius 1 is 1.53 bits per heavy atom. The predicted octanol–water partition coefficient (Wildman–Crippen LogP) is 1.29. The van der Waals surface area contributed by atoms with Gasteiger partial charge in [0, 0.05) is 18.3 Å². The van der Waals surface area contributed by atoms with Crippen LogP contribution in [-0.2, 0) is 7.05 Å². The van der Waals surface area contributed by atoms with Crippen molar-refractivity contribution in [3.8, 4) is 0 Å². The van der Waals surface area contributed by atoms with E-state index in [0.717, 1.165) is 5.16 Å². The normalized spacial score (nSPS) is 31.0. The Hall–Kier alpha value is -0.550. The first kappa shape index (κ1) is 11.0. The lowest BCUT2D eigenvalue weighted by Crippen LogP contribution is -2.30. The van der Waals surface area contributed by atoms with E-state index in [1.54, 1.807) is 6.33 Å². The van der Waals surface area contributed by atoms with Crippen LogP contribution in [0.3, 0.4) is 0 Å². The summed E-state index contributed by atoms with van der Waals surface area (Å²) in [5.74, 6) is 0.705. The molecule has 1 saturated carbocycles. The van der Waals surface area contributed by atoms with Crippen LogP contribution in [-0.4, -0.2) is 33.1 Å². The molecule has 4 nitrogen and oxygen atoms in total. The van der Waals surface area contributed by atoms with Gasteiger partial charge in [0.1, 0.15) is 6.33 Å². The molecule has 0 bridgehead atoms. The number of aryl methyl sites for hydroxylation is 1. The van der Waals surface area contributed by atoms with Gasteiger partial charge < -0.3 is 9.88 Å². The second kappa shape index (κ2) is 4.53. The van der Waals surface area contributed by atoms with Gasteiger partial charge in [-0.15, -0.1) is 10.2 Å². The number of hydrogen-bond donors (Lipinski definition) is 1. The van der Waals surface area contributed by atoms with Crippen molar-refractivity contribution in [3.05, 3.63) is 6.33 Å². The van der Waals surface area contributed by atoms with Crippen LogP contribution in [0.4, 0.5) is 0 Å². The van der Waals surface area contributed by atoms with Gasteiger partial charge >= 0.3 is 0 Å². The Bertz CT molecular complexity index is 325. The Balaban J connectivity index is 1.99. The third kappa shape index (κ3) is 2.18. The van der Waals surface area contributed by atoms with Crippen LogP contribution in [0.1, 0.15) is 19.8 Å². The van der Waals surface area contributed by atoms with Crippen molar-refractivity contribution >= 4 is 11.8 Å². The number of aromatic nitrogens is 3. The first-order chi connectivity index (χ1) is 7.22. The Morgan fingerprint density at radius 3 is 2.87 bits per heavy atom. The maximum Gasteiger partial charge on any atom is 0.191 e. The molecular formula is C10H18N4S. The van der Waals surface area contributed by atoms with Gasteiger partial charge in [-0.3, -0.25) is 0 Å². The van der Waals surface area contributed by atoms with Gasteiger partial charge in [0.05, 0.1) is 0 Å². The summed E-state index contributed by atoms with van der Waals surface area (Å²) in [6.45, 7) is 2.32. The molecule has 0 aromatic carbocycles. The maximum absolute atomic E-state index is 4.12. The van der Waals surface area contributed by atoms with E-state index in [-0.39, 0.29) is 0 Å². The number of nitrogens with zero attached hydrogens (tertiary/aromatic N) is 3. The third-order valence-corrected chi connectivity index (χ3v) is 4.83. The average molecular weight is 226 g/mol. The number of hydrogen-bond acceptors (Lipinski definition) is 4. The molecule has 1 aromatic rings. The van der Waals surface area contributed by atoms with E-state index >= 15 is 0 Å². The van der Waals surface area contributed by atoms with Crippen LogP contribution >= 0.6 is 11.8 Å². The van der Waals surface area contributed by atoms with E-state index in [4.69, 9.17) is 0 Å². The van der Waals surface area contributed by atoms with Crippen molar-refractivity contribution in [2.75, 3.05) is 7.05 Å². The summed E-state index contributed by atoms with van der Waals surface area (Å²) < 4.78 is 1.99. The molecule has 1 N–H and O–H groups in total. The highest BCUT2D eigenvalue weighted by atomic mass is 32.2. The van der Waals surface area contributed by atoms with E-state index in [2.05, 4.69) is 29.5 Å². The van der Waals surface area contributed by atoms with Crippen molar-refractivity contribution in [3.63, 3.8) is 0 Å². The molecule has 0 radical (unpaired) electrons. The standard InChI is InChI=1S/C10H18N4S/c1-7-8(11-2)4-5-9(7)15-10-13-12-6-14(10)3/h6-9,11H,4-5H2,1-3H3. The lowest BCUT2D eigenvalue weighted by molar-refractivity contribution is 0.463. The van der Waals surface area contributed by atoms with Crippen LogP contribution in [0.5, 0.6) is 0 Å². The average Bonchev–Trinajstić information content (AvgIpc) is 2.77. The monoisotopic (exact) mass is 226 g/mol. The minimum Gasteiger partial charge on any atom is -0.317 e. The molecule has 2 rings (SSSR count). The largest absolute Gasteiger partial charge is 0.317 e. The Morgan fingerprint density at radius 2 is 2.33 bits per heavy atom. The smallest absolute Gasteiger partial charge is 0.191 e. The van der Waals surface area contributed by atoms with Crippen LogP contribution in [0.2, 0.25) is 0 Å². The predicted molar refractivity (Wildman–Crippen MR) is 61.9 cm³/mol. The molecule has 0 aliphatic heterocycles. The van der Waals surface area contributed by atoms with E-state index in [9.17, 15) is 0 Å². The minimum atomic E-state index is 0.663. The van der Waals surface area contributed by atoms with Gasteiger partial charge in [-0.1, -0.05) is 18.7 Å². The van der Waals surface area contributed by atoms with Gasteiger partial charge in [0.2, 0.25) is 0 Å². The molecular weight excluding hydrogens is 208 g/mol. The number of rotatable bonds is 3. The number of thioether (sulfide) groups is 1. The van der Waals surface area contributed by atoms with Crippen molar-refractivity contribution in [2.24, 2.45) is 13.0 Å². The van der Waals surface area contributed by atoms with Crippen molar-refractivity contribution in [2.45, 2.75) is 36.2 Å². The van der Waals surface area contributed by atoms with Gasteiger partial charge in [0.15, 0.2) is 5.16 Å². The van der Waals surface area contributed by atoms with Crippen LogP contribution in [0.25, 0.3) is 0 Å². The molecule has 1 fully saturated rings. The summed E-state index contributed by atoms with van der Waals surface area (Å²) in [6.07, 6.45) is 4.30. The lowest BCUT2D eigenvalue weighted by Gasteiger charge is -2.19. The first-order valence-corrected chi connectivity index (χ1v) is 6.28. The van der Waals surface area contributed by atoms with Crippen molar-refractivity contribution < 1.29 is 0 Å². The molecule has 5 heteroatoms. The van der Waals surface area contributed by atoms with E-state index in [0.29, 0.717) is 17.2 Å². The molecule has 0 spiro atoms. The molecule has 15 heavy (non-hydrogen) atoms. The van der Waals surface area contributed by atoms with Gasteiger partial charge in [-0.2, -0.15) is 0 Å². The lowest BCUT2D eigenvalue weighted by atomic mass is 10.1. The fraction of sp³-hybridized carbons (Fsp3) is 0.800. The summed E-state index contributed by atoms with van der Waals surface area (Å²) in [6, 6.07) is 0.663. The summed E-state index contributed by atoms with van der Waals surface area (Å²) in [7, 11) is 4.05. The molecule has 1 aromatic heterocycles.